The van der Waals surface area contributed by atoms with Crippen LogP contribution >= 0.6 is 0 Å². The maximum Gasteiger partial charge on any atom is 0.154 e. The number of nitrogens with zero attached hydrogens (tertiary/aromatic N) is 4. The fraction of sp³-hybridized carbons (Fsp3) is 0.158. The minimum absolute atomic E-state index is 0.709. The SMILES string of the molecule is C=C1C(Nc2cccc(N(C)C)c2)=NC=CN1/C(=C\C)c1cn[nH]c1. The summed E-state index contributed by atoms with van der Waals surface area (Å²) in [5, 5.41) is 10.2. The third-order valence-corrected chi connectivity index (χ3v) is 3.94. The average Bonchev–Trinajstić information content (AvgIpc) is 3.13. The number of aliphatic imine (C=N–C) groups is 1. The summed E-state index contributed by atoms with van der Waals surface area (Å²) in [5.74, 6) is 0.709. The van der Waals surface area contributed by atoms with Crippen molar-refractivity contribution in [3.05, 3.63) is 73.0 Å². The van der Waals surface area contributed by atoms with E-state index >= 15 is 0 Å². The number of H-pyrrole nitrogens is 1. The molecule has 1 aromatic carbocycles. The second kappa shape index (κ2) is 7.09. The van der Waals surface area contributed by atoms with Crippen molar-refractivity contribution in [2.75, 3.05) is 24.3 Å². The second-order valence-electron chi connectivity index (χ2n) is 5.82. The van der Waals surface area contributed by atoms with Gasteiger partial charge in [0.15, 0.2) is 5.84 Å². The smallest absolute Gasteiger partial charge is 0.154 e. The van der Waals surface area contributed by atoms with Gasteiger partial charge in [0.2, 0.25) is 0 Å². The second-order valence-corrected chi connectivity index (χ2v) is 5.82. The van der Waals surface area contributed by atoms with Gasteiger partial charge in [-0.3, -0.25) is 5.10 Å². The molecule has 6 nitrogen and oxygen atoms in total. The van der Waals surface area contributed by atoms with Crippen molar-refractivity contribution < 1.29 is 0 Å². The Morgan fingerprint density at radius 2 is 2.20 bits per heavy atom. The zero-order chi connectivity index (χ0) is 17.8. The van der Waals surface area contributed by atoms with Crippen LogP contribution in [0.2, 0.25) is 0 Å². The maximum atomic E-state index is 4.45. The molecule has 0 unspecified atom stereocenters. The summed E-state index contributed by atoms with van der Waals surface area (Å²) in [6.07, 6.45) is 9.32. The number of hydrogen-bond donors (Lipinski definition) is 2. The highest BCUT2D eigenvalue weighted by Gasteiger charge is 2.19. The van der Waals surface area contributed by atoms with E-state index < -0.39 is 0 Å². The number of rotatable bonds is 4. The molecule has 0 fully saturated rings. The molecule has 2 heterocycles. The van der Waals surface area contributed by atoms with Crippen LogP contribution in [0.25, 0.3) is 5.70 Å². The summed E-state index contributed by atoms with van der Waals surface area (Å²) >= 11 is 0. The van der Waals surface area contributed by atoms with Gasteiger partial charge >= 0.3 is 0 Å². The minimum Gasteiger partial charge on any atom is -0.378 e. The van der Waals surface area contributed by atoms with Gasteiger partial charge in [-0.15, -0.1) is 0 Å². The molecule has 0 aliphatic carbocycles. The lowest BCUT2D eigenvalue weighted by molar-refractivity contribution is 0.683. The van der Waals surface area contributed by atoms with E-state index in [2.05, 4.69) is 44.1 Å². The predicted molar refractivity (Wildman–Crippen MR) is 104 cm³/mol. The van der Waals surface area contributed by atoms with Crippen LogP contribution in [0.1, 0.15) is 12.5 Å². The molecule has 6 heteroatoms. The number of amidine groups is 1. The van der Waals surface area contributed by atoms with Crippen LogP contribution in [-0.4, -0.2) is 35.0 Å². The number of nitrogens with one attached hydrogen (secondary N) is 2. The standard InChI is InChI=1S/C19H22N6/c1-5-18(15-12-21-22-13-15)25-10-9-20-19(14(25)2)23-16-7-6-8-17(11-16)24(3)4/h5-13H,2H2,1,3-4H3,(H,20,23)(H,21,22)/b18-5-. The molecule has 3 rings (SSSR count). The first-order chi connectivity index (χ1) is 12.1. The van der Waals surface area contributed by atoms with Crippen LogP contribution in [0.5, 0.6) is 0 Å². The molecule has 1 aliphatic rings. The van der Waals surface area contributed by atoms with E-state index in [-0.39, 0.29) is 0 Å². The third-order valence-electron chi connectivity index (χ3n) is 3.94. The minimum atomic E-state index is 0.709. The lowest BCUT2D eigenvalue weighted by Gasteiger charge is -2.28. The summed E-state index contributed by atoms with van der Waals surface area (Å²) in [7, 11) is 4.04. The van der Waals surface area contributed by atoms with Crippen LogP contribution in [0, 0.1) is 0 Å². The maximum absolute atomic E-state index is 4.45. The Bertz CT molecular complexity index is 843. The Labute approximate surface area is 147 Å². The van der Waals surface area contributed by atoms with E-state index in [9.17, 15) is 0 Å². The summed E-state index contributed by atoms with van der Waals surface area (Å²) in [6.45, 7) is 6.20. The quantitative estimate of drug-likeness (QED) is 0.896. The molecule has 128 valence electrons. The molecule has 1 aliphatic heterocycles. The fourth-order valence-corrected chi connectivity index (χ4v) is 2.62. The van der Waals surface area contributed by atoms with E-state index in [1.807, 2.05) is 56.5 Å². The van der Waals surface area contributed by atoms with E-state index in [0.29, 0.717) is 5.84 Å². The van der Waals surface area contributed by atoms with Crippen molar-refractivity contribution in [3.8, 4) is 0 Å². The van der Waals surface area contributed by atoms with Gasteiger partial charge in [0.25, 0.3) is 0 Å². The van der Waals surface area contributed by atoms with E-state index in [0.717, 1.165) is 28.3 Å². The Morgan fingerprint density at radius 1 is 1.36 bits per heavy atom. The molecule has 0 radical (unpaired) electrons. The van der Waals surface area contributed by atoms with Crippen molar-refractivity contribution >= 4 is 22.9 Å². The largest absolute Gasteiger partial charge is 0.378 e. The summed E-state index contributed by atoms with van der Waals surface area (Å²) < 4.78 is 0. The predicted octanol–water partition coefficient (Wildman–Crippen LogP) is 3.65. The molecular formula is C19H22N6. The van der Waals surface area contributed by atoms with Crippen LogP contribution in [0.4, 0.5) is 11.4 Å². The first-order valence-electron chi connectivity index (χ1n) is 8.03. The average molecular weight is 334 g/mol. The van der Waals surface area contributed by atoms with Crippen molar-refractivity contribution in [1.82, 2.24) is 15.1 Å². The summed E-state index contributed by atoms with van der Waals surface area (Å²) in [4.78, 5) is 8.51. The van der Waals surface area contributed by atoms with Crippen LogP contribution in [0.3, 0.4) is 0 Å². The van der Waals surface area contributed by atoms with Crippen molar-refractivity contribution in [2.24, 2.45) is 4.99 Å². The summed E-state index contributed by atoms with van der Waals surface area (Å²) in [5.41, 5.74) is 4.83. The number of hydrogen-bond acceptors (Lipinski definition) is 5. The van der Waals surface area contributed by atoms with Gasteiger partial charge in [-0.1, -0.05) is 18.7 Å². The Hall–Kier alpha value is -3.28. The number of aromatic nitrogens is 2. The third kappa shape index (κ3) is 3.47. The molecule has 25 heavy (non-hydrogen) atoms. The Kier molecular flexibility index (Phi) is 4.70. The van der Waals surface area contributed by atoms with E-state index in [1.165, 1.54) is 0 Å². The number of anilines is 2. The molecule has 0 bridgehead atoms. The lowest BCUT2D eigenvalue weighted by atomic mass is 10.2. The molecule has 0 spiro atoms. The normalized spacial score (nSPS) is 14.5. The van der Waals surface area contributed by atoms with Gasteiger partial charge in [0, 0.05) is 49.6 Å². The number of benzene rings is 1. The highest BCUT2D eigenvalue weighted by atomic mass is 15.2. The molecule has 1 aromatic heterocycles. The molecule has 0 saturated heterocycles. The Balaban J connectivity index is 1.82. The molecule has 2 N–H and O–H groups in total. The fourth-order valence-electron chi connectivity index (χ4n) is 2.62. The summed E-state index contributed by atoms with van der Waals surface area (Å²) in [6, 6.07) is 8.16. The first kappa shape index (κ1) is 16.6. The van der Waals surface area contributed by atoms with Gasteiger partial charge in [-0.25, -0.2) is 4.99 Å². The molecule has 0 amide bonds. The molecular weight excluding hydrogens is 312 g/mol. The zero-order valence-corrected chi connectivity index (χ0v) is 14.7. The number of aromatic amines is 1. The zero-order valence-electron chi connectivity index (χ0n) is 14.7. The monoisotopic (exact) mass is 334 g/mol. The van der Waals surface area contributed by atoms with Gasteiger partial charge in [0.1, 0.15) is 0 Å². The van der Waals surface area contributed by atoms with E-state index in [4.69, 9.17) is 0 Å². The van der Waals surface area contributed by atoms with Crippen LogP contribution in [-0.2, 0) is 0 Å². The molecule has 2 aromatic rings. The van der Waals surface area contributed by atoms with Crippen molar-refractivity contribution in [1.29, 1.82) is 0 Å². The van der Waals surface area contributed by atoms with Gasteiger partial charge in [-0.2, -0.15) is 5.10 Å². The lowest BCUT2D eigenvalue weighted by Crippen LogP contribution is -2.28. The molecule has 0 atom stereocenters. The number of allylic oxidation sites excluding steroid dienone is 1. The first-order valence-corrected chi connectivity index (χ1v) is 8.03. The van der Waals surface area contributed by atoms with Gasteiger partial charge < -0.3 is 15.1 Å². The van der Waals surface area contributed by atoms with Gasteiger partial charge in [0.05, 0.1) is 17.6 Å². The molecule has 0 saturated carbocycles. The van der Waals surface area contributed by atoms with E-state index in [1.54, 1.807) is 12.4 Å². The Morgan fingerprint density at radius 3 is 2.88 bits per heavy atom. The highest BCUT2D eigenvalue weighted by molar-refractivity contribution is 6.09. The topological polar surface area (TPSA) is 59.5 Å². The van der Waals surface area contributed by atoms with Crippen molar-refractivity contribution in [3.63, 3.8) is 0 Å². The van der Waals surface area contributed by atoms with Crippen molar-refractivity contribution in [2.45, 2.75) is 6.92 Å². The van der Waals surface area contributed by atoms with Crippen LogP contribution in [0.15, 0.2) is 72.4 Å². The van der Waals surface area contributed by atoms with Gasteiger partial charge in [-0.05, 0) is 25.1 Å². The van der Waals surface area contributed by atoms with Crippen LogP contribution < -0.4 is 10.2 Å². The highest BCUT2D eigenvalue weighted by Crippen LogP contribution is 2.26.